The van der Waals surface area contributed by atoms with Crippen LogP contribution in [0.4, 0.5) is 8.78 Å². The van der Waals surface area contributed by atoms with Gasteiger partial charge in [-0.15, -0.1) is 0 Å². The van der Waals surface area contributed by atoms with Crippen LogP contribution in [0.25, 0.3) is 0 Å². The molecule has 0 bridgehead atoms. The molecular weight excluding hydrogens is 278 g/mol. The standard InChI is InChI=1S/C15H16F2N2O2/c16-14(17)9-19-8-4-7-13(19)15(21)18-12(10-20)11-5-2-1-3-6-11/h1-8,12,14,20H,9-10H2,(H,18,21)/t12-/m1/s1. The van der Waals surface area contributed by atoms with Crippen molar-refractivity contribution in [2.45, 2.75) is 19.0 Å². The highest BCUT2D eigenvalue weighted by molar-refractivity contribution is 5.93. The Bertz CT molecular complexity index is 584. The van der Waals surface area contributed by atoms with Crippen molar-refractivity contribution in [2.75, 3.05) is 6.61 Å². The Morgan fingerprint density at radius 2 is 1.90 bits per heavy atom. The van der Waals surface area contributed by atoms with E-state index in [1.807, 2.05) is 6.07 Å². The van der Waals surface area contributed by atoms with Crippen LogP contribution in [-0.4, -0.2) is 28.6 Å². The van der Waals surface area contributed by atoms with E-state index in [-0.39, 0.29) is 12.3 Å². The van der Waals surface area contributed by atoms with Gasteiger partial charge in [0.05, 0.1) is 19.2 Å². The van der Waals surface area contributed by atoms with Crippen LogP contribution in [0, 0.1) is 0 Å². The van der Waals surface area contributed by atoms with Crippen LogP contribution in [-0.2, 0) is 6.54 Å². The minimum atomic E-state index is -2.54. The van der Waals surface area contributed by atoms with Crippen LogP contribution in [0.1, 0.15) is 22.1 Å². The molecular formula is C15H16F2N2O2. The quantitative estimate of drug-likeness (QED) is 0.858. The first-order valence-electron chi connectivity index (χ1n) is 6.51. The van der Waals surface area contributed by atoms with Crippen LogP contribution >= 0.6 is 0 Å². The molecule has 1 aromatic heterocycles. The van der Waals surface area contributed by atoms with Crippen molar-refractivity contribution in [1.29, 1.82) is 0 Å². The Balaban J connectivity index is 2.12. The molecule has 0 spiro atoms. The van der Waals surface area contributed by atoms with E-state index in [1.54, 1.807) is 24.3 Å². The Kier molecular flexibility index (Phi) is 5.05. The molecule has 112 valence electrons. The molecule has 0 unspecified atom stereocenters. The second-order valence-electron chi connectivity index (χ2n) is 4.56. The zero-order valence-corrected chi connectivity index (χ0v) is 11.2. The predicted octanol–water partition coefficient (Wildman–Crippen LogP) is 2.22. The van der Waals surface area contributed by atoms with E-state index in [1.165, 1.54) is 22.9 Å². The maximum Gasteiger partial charge on any atom is 0.268 e. The molecule has 6 heteroatoms. The van der Waals surface area contributed by atoms with Crippen molar-refractivity contribution in [3.05, 3.63) is 59.9 Å². The molecule has 0 saturated heterocycles. The van der Waals surface area contributed by atoms with E-state index in [0.717, 1.165) is 5.56 Å². The number of aliphatic hydroxyl groups is 1. The number of rotatable bonds is 6. The van der Waals surface area contributed by atoms with Gasteiger partial charge < -0.3 is 15.0 Å². The number of aliphatic hydroxyl groups excluding tert-OH is 1. The van der Waals surface area contributed by atoms with Crippen molar-refractivity contribution in [2.24, 2.45) is 0 Å². The molecule has 4 nitrogen and oxygen atoms in total. The van der Waals surface area contributed by atoms with Gasteiger partial charge in [0.2, 0.25) is 0 Å². The van der Waals surface area contributed by atoms with E-state index < -0.39 is 24.9 Å². The monoisotopic (exact) mass is 294 g/mol. The number of hydrogen-bond acceptors (Lipinski definition) is 2. The molecule has 0 radical (unpaired) electrons. The van der Waals surface area contributed by atoms with E-state index in [4.69, 9.17) is 0 Å². The fourth-order valence-corrected chi connectivity index (χ4v) is 2.08. The number of nitrogens with zero attached hydrogens (tertiary/aromatic N) is 1. The summed E-state index contributed by atoms with van der Waals surface area (Å²) in [5, 5.41) is 12.0. The van der Waals surface area contributed by atoms with Crippen LogP contribution in [0.5, 0.6) is 0 Å². The topological polar surface area (TPSA) is 54.3 Å². The highest BCUT2D eigenvalue weighted by Gasteiger charge is 2.18. The van der Waals surface area contributed by atoms with Crippen LogP contribution in [0.3, 0.4) is 0 Å². The van der Waals surface area contributed by atoms with Gasteiger partial charge >= 0.3 is 0 Å². The Morgan fingerprint density at radius 3 is 2.52 bits per heavy atom. The molecule has 0 aliphatic heterocycles. The number of carbonyl (C=O) groups is 1. The summed E-state index contributed by atoms with van der Waals surface area (Å²) < 4.78 is 26.1. The number of amides is 1. The van der Waals surface area contributed by atoms with Crippen molar-refractivity contribution >= 4 is 5.91 Å². The Hall–Kier alpha value is -2.21. The number of alkyl halides is 2. The summed E-state index contributed by atoms with van der Waals surface area (Å²) in [5.74, 6) is -0.497. The van der Waals surface area contributed by atoms with Gasteiger partial charge in [-0.3, -0.25) is 4.79 Å². The lowest BCUT2D eigenvalue weighted by Crippen LogP contribution is -2.32. The minimum absolute atomic E-state index is 0.143. The average molecular weight is 294 g/mol. The first kappa shape index (κ1) is 15.2. The first-order valence-corrected chi connectivity index (χ1v) is 6.51. The maximum atomic E-state index is 12.4. The maximum absolute atomic E-state index is 12.4. The van der Waals surface area contributed by atoms with E-state index in [0.29, 0.717) is 0 Å². The number of halogens is 2. The predicted molar refractivity (Wildman–Crippen MR) is 74.2 cm³/mol. The summed E-state index contributed by atoms with van der Waals surface area (Å²) in [7, 11) is 0. The van der Waals surface area contributed by atoms with Crippen LogP contribution in [0.15, 0.2) is 48.7 Å². The van der Waals surface area contributed by atoms with Crippen LogP contribution < -0.4 is 5.32 Å². The third-order valence-electron chi connectivity index (χ3n) is 3.09. The van der Waals surface area contributed by atoms with Crippen molar-refractivity contribution < 1.29 is 18.7 Å². The third kappa shape index (κ3) is 3.88. The number of aromatic nitrogens is 1. The lowest BCUT2D eigenvalue weighted by molar-refractivity contribution is 0.0894. The largest absolute Gasteiger partial charge is 0.394 e. The van der Waals surface area contributed by atoms with Gasteiger partial charge in [0.25, 0.3) is 12.3 Å². The second kappa shape index (κ2) is 6.99. The Labute approximate surface area is 121 Å². The molecule has 2 aromatic rings. The zero-order chi connectivity index (χ0) is 15.2. The summed E-state index contributed by atoms with van der Waals surface area (Å²) in [5.41, 5.74) is 0.894. The fourth-order valence-electron chi connectivity index (χ4n) is 2.08. The molecule has 0 aliphatic carbocycles. The molecule has 0 fully saturated rings. The number of carbonyl (C=O) groups excluding carboxylic acids is 1. The lowest BCUT2D eigenvalue weighted by atomic mass is 10.1. The molecule has 2 rings (SSSR count). The molecule has 2 N–H and O–H groups in total. The summed E-state index contributed by atoms with van der Waals surface area (Å²) >= 11 is 0. The van der Waals surface area contributed by atoms with Gasteiger partial charge in [-0.1, -0.05) is 30.3 Å². The normalized spacial score (nSPS) is 12.4. The van der Waals surface area contributed by atoms with Crippen molar-refractivity contribution in [1.82, 2.24) is 9.88 Å². The van der Waals surface area contributed by atoms with Gasteiger partial charge in [0.1, 0.15) is 5.69 Å². The molecule has 21 heavy (non-hydrogen) atoms. The molecule has 0 saturated carbocycles. The second-order valence-corrected chi connectivity index (χ2v) is 4.56. The molecule has 1 amide bonds. The van der Waals surface area contributed by atoms with Crippen LogP contribution in [0.2, 0.25) is 0 Å². The third-order valence-corrected chi connectivity index (χ3v) is 3.09. The van der Waals surface area contributed by atoms with Gasteiger partial charge in [0.15, 0.2) is 0 Å². The van der Waals surface area contributed by atoms with Crippen molar-refractivity contribution in [3.8, 4) is 0 Å². The summed E-state index contributed by atoms with van der Waals surface area (Å²) in [6.45, 7) is -0.809. The van der Waals surface area contributed by atoms with Crippen molar-refractivity contribution in [3.63, 3.8) is 0 Å². The SMILES string of the molecule is O=C(N[C@H](CO)c1ccccc1)c1cccn1CC(F)F. The smallest absolute Gasteiger partial charge is 0.268 e. The number of benzene rings is 1. The molecule has 0 aliphatic rings. The molecule has 1 aromatic carbocycles. The Morgan fingerprint density at radius 1 is 1.19 bits per heavy atom. The first-order chi connectivity index (χ1) is 10.1. The van der Waals surface area contributed by atoms with E-state index in [2.05, 4.69) is 5.32 Å². The average Bonchev–Trinajstić information content (AvgIpc) is 2.93. The highest BCUT2D eigenvalue weighted by Crippen LogP contribution is 2.13. The summed E-state index contributed by atoms with van der Waals surface area (Å²) in [6.07, 6.45) is -1.11. The summed E-state index contributed by atoms with van der Waals surface area (Å²) in [6, 6.07) is 11.4. The molecule has 1 heterocycles. The highest BCUT2D eigenvalue weighted by atomic mass is 19.3. The summed E-state index contributed by atoms with van der Waals surface area (Å²) in [4.78, 5) is 12.2. The van der Waals surface area contributed by atoms with E-state index >= 15 is 0 Å². The number of hydrogen-bond donors (Lipinski definition) is 2. The number of nitrogens with one attached hydrogen (secondary N) is 1. The minimum Gasteiger partial charge on any atom is -0.394 e. The fraction of sp³-hybridized carbons (Fsp3) is 0.267. The van der Waals surface area contributed by atoms with Gasteiger partial charge in [-0.25, -0.2) is 8.78 Å². The van der Waals surface area contributed by atoms with Gasteiger partial charge in [-0.05, 0) is 17.7 Å². The lowest BCUT2D eigenvalue weighted by Gasteiger charge is -2.17. The van der Waals surface area contributed by atoms with Gasteiger partial charge in [0, 0.05) is 6.20 Å². The zero-order valence-electron chi connectivity index (χ0n) is 11.2. The molecule has 1 atom stereocenters. The van der Waals surface area contributed by atoms with E-state index in [9.17, 15) is 18.7 Å². The van der Waals surface area contributed by atoms with Gasteiger partial charge in [-0.2, -0.15) is 0 Å².